The number of alkyl halides is 6. The molecule has 0 saturated carbocycles. The molecule has 5 rings (SSSR count). The van der Waals surface area contributed by atoms with Crippen molar-refractivity contribution < 1.29 is 26.3 Å². The smallest absolute Gasteiger partial charge is 0.256 e. The van der Waals surface area contributed by atoms with Crippen LogP contribution < -0.4 is 0 Å². The van der Waals surface area contributed by atoms with Gasteiger partial charge in [0.05, 0.1) is 11.3 Å². The molecule has 1 heterocycles. The summed E-state index contributed by atoms with van der Waals surface area (Å²) in [4.78, 5) is 4.38. The van der Waals surface area contributed by atoms with Crippen molar-refractivity contribution in [3.05, 3.63) is 89.6 Å². The molecule has 0 aliphatic heterocycles. The Morgan fingerprint density at radius 1 is 0.719 bits per heavy atom. The average Bonchev–Trinajstić information content (AvgIpc) is 3.01. The number of nitrogens with zero attached hydrogens (tertiary/aromatic N) is 1. The molecule has 0 N–H and O–H groups in total. The molecule has 1 unspecified atom stereocenters. The van der Waals surface area contributed by atoms with Crippen molar-refractivity contribution in [2.24, 2.45) is 0 Å². The second kappa shape index (κ2) is 6.58. The van der Waals surface area contributed by atoms with Crippen LogP contribution in [0, 0.1) is 0 Å². The minimum Gasteiger partial charge on any atom is -0.256 e. The van der Waals surface area contributed by atoms with E-state index >= 15 is 0 Å². The number of hydrogen-bond donors (Lipinski definition) is 0. The van der Waals surface area contributed by atoms with Gasteiger partial charge in [-0.25, -0.2) is 0 Å². The fourth-order valence-electron chi connectivity index (χ4n) is 4.41. The van der Waals surface area contributed by atoms with Gasteiger partial charge < -0.3 is 0 Å². The van der Waals surface area contributed by atoms with Crippen molar-refractivity contribution in [1.82, 2.24) is 4.98 Å². The number of rotatable bonds is 1. The van der Waals surface area contributed by atoms with Crippen LogP contribution in [-0.2, 0) is 11.6 Å². The maximum atomic E-state index is 14.4. The maximum absolute atomic E-state index is 14.4. The first kappa shape index (κ1) is 20.5. The molecule has 1 nitrogen and oxygen atoms in total. The van der Waals surface area contributed by atoms with E-state index in [1.807, 2.05) is 24.3 Å². The Morgan fingerprint density at radius 3 is 2.00 bits per heavy atom. The molecule has 0 saturated heterocycles. The Kier molecular flexibility index (Phi) is 4.22. The molecule has 4 aromatic rings. The lowest BCUT2D eigenvalue weighted by molar-refractivity contribution is -0.172. The van der Waals surface area contributed by atoms with E-state index in [-0.39, 0.29) is 16.7 Å². The van der Waals surface area contributed by atoms with Gasteiger partial charge in [0.1, 0.15) is 5.41 Å². The summed E-state index contributed by atoms with van der Waals surface area (Å²) in [5, 5.41) is 1.78. The van der Waals surface area contributed by atoms with Gasteiger partial charge in [-0.2, -0.15) is 26.3 Å². The van der Waals surface area contributed by atoms with Crippen LogP contribution in [0.25, 0.3) is 33.2 Å². The molecule has 0 bridgehead atoms. The van der Waals surface area contributed by atoms with Gasteiger partial charge in [0.15, 0.2) is 0 Å². The van der Waals surface area contributed by atoms with Crippen LogP contribution >= 0.6 is 0 Å². The van der Waals surface area contributed by atoms with Gasteiger partial charge in [0.2, 0.25) is 0 Å². The van der Waals surface area contributed by atoms with E-state index < -0.39 is 28.9 Å². The standard InChI is InChI=1S/C25H15F6N/c1-23(25(29,30)31)20-10-15(22-11-14-4-2-3-5-16(14)13-32-22)6-8-18(20)19-9-7-17(12-21(19)23)24(26,27)28/h2-13H,1H3. The first-order chi connectivity index (χ1) is 15.0. The van der Waals surface area contributed by atoms with Crippen molar-refractivity contribution in [1.29, 1.82) is 0 Å². The van der Waals surface area contributed by atoms with Crippen LogP contribution in [-0.4, -0.2) is 11.2 Å². The number of aromatic nitrogens is 1. The zero-order chi connectivity index (χ0) is 22.9. The fourth-order valence-corrected chi connectivity index (χ4v) is 4.41. The second-order valence-corrected chi connectivity index (χ2v) is 8.06. The van der Waals surface area contributed by atoms with Gasteiger partial charge in [-0.15, -0.1) is 0 Å². The lowest BCUT2D eigenvalue weighted by Crippen LogP contribution is -2.39. The van der Waals surface area contributed by atoms with Crippen LogP contribution in [0.2, 0.25) is 0 Å². The Bertz CT molecular complexity index is 1370. The molecule has 162 valence electrons. The van der Waals surface area contributed by atoms with Crippen LogP contribution in [0.1, 0.15) is 23.6 Å². The van der Waals surface area contributed by atoms with Crippen LogP contribution in [0.3, 0.4) is 0 Å². The molecular formula is C25H15F6N. The average molecular weight is 443 g/mol. The van der Waals surface area contributed by atoms with Gasteiger partial charge >= 0.3 is 12.4 Å². The first-order valence-electron chi connectivity index (χ1n) is 9.79. The third-order valence-corrected chi connectivity index (χ3v) is 6.23. The molecule has 7 heteroatoms. The topological polar surface area (TPSA) is 12.9 Å². The zero-order valence-corrected chi connectivity index (χ0v) is 16.6. The molecule has 1 aliphatic rings. The van der Waals surface area contributed by atoms with E-state index in [0.29, 0.717) is 17.3 Å². The summed E-state index contributed by atoms with van der Waals surface area (Å²) in [6.45, 7) is 0.940. The van der Waals surface area contributed by atoms with Gasteiger partial charge in [-0.05, 0) is 58.8 Å². The van der Waals surface area contributed by atoms with Gasteiger partial charge in [-0.3, -0.25) is 4.98 Å². The summed E-state index contributed by atoms with van der Waals surface area (Å²) in [6, 6.07) is 16.4. The quantitative estimate of drug-likeness (QED) is 0.274. The largest absolute Gasteiger partial charge is 0.416 e. The number of halogens is 6. The third-order valence-electron chi connectivity index (χ3n) is 6.23. The van der Waals surface area contributed by atoms with Gasteiger partial charge in [0, 0.05) is 17.1 Å². The van der Waals surface area contributed by atoms with E-state index in [9.17, 15) is 26.3 Å². The number of hydrogen-bond acceptors (Lipinski definition) is 1. The Balaban J connectivity index is 1.73. The molecule has 0 radical (unpaired) electrons. The summed E-state index contributed by atoms with van der Waals surface area (Å²) in [5.41, 5.74) is -2.76. The van der Waals surface area contributed by atoms with Crippen LogP contribution in [0.15, 0.2) is 72.9 Å². The Morgan fingerprint density at radius 2 is 1.34 bits per heavy atom. The molecule has 32 heavy (non-hydrogen) atoms. The number of benzene rings is 3. The van der Waals surface area contributed by atoms with Crippen LogP contribution in [0.5, 0.6) is 0 Å². The summed E-state index contributed by atoms with van der Waals surface area (Å²) in [7, 11) is 0. The zero-order valence-electron chi connectivity index (χ0n) is 16.6. The maximum Gasteiger partial charge on any atom is 0.416 e. The van der Waals surface area contributed by atoms with E-state index in [0.717, 1.165) is 29.8 Å². The molecule has 1 atom stereocenters. The monoisotopic (exact) mass is 443 g/mol. The molecule has 1 aliphatic carbocycles. The summed E-state index contributed by atoms with van der Waals surface area (Å²) < 4.78 is 82.9. The van der Waals surface area contributed by atoms with Crippen molar-refractivity contribution in [3.8, 4) is 22.4 Å². The predicted molar refractivity (Wildman–Crippen MR) is 110 cm³/mol. The predicted octanol–water partition coefficient (Wildman–Crippen LogP) is 7.77. The lowest BCUT2D eigenvalue weighted by Gasteiger charge is -2.30. The highest BCUT2D eigenvalue weighted by Crippen LogP contribution is 2.57. The first-order valence-corrected chi connectivity index (χ1v) is 9.79. The lowest BCUT2D eigenvalue weighted by atomic mass is 9.78. The highest BCUT2D eigenvalue weighted by Gasteiger charge is 2.58. The van der Waals surface area contributed by atoms with Gasteiger partial charge in [0.25, 0.3) is 0 Å². The Hall–Kier alpha value is -3.35. The molecule has 1 aromatic heterocycles. The highest BCUT2D eigenvalue weighted by molar-refractivity contribution is 5.87. The molecular weight excluding hydrogens is 428 g/mol. The van der Waals surface area contributed by atoms with Crippen molar-refractivity contribution >= 4 is 10.8 Å². The summed E-state index contributed by atoms with van der Waals surface area (Å²) in [5.74, 6) is 0. The van der Waals surface area contributed by atoms with Crippen LogP contribution in [0.4, 0.5) is 26.3 Å². The third kappa shape index (κ3) is 2.91. The minimum atomic E-state index is -4.80. The number of fused-ring (bicyclic) bond motifs is 4. The summed E-state index contributed by atoms with van der Waals surface area (Å²) in [6.07, 6.45) is -7.89. The Labute approximate surface area is 179 Å². The number of pyridine rings is 1. The molecule has 3 aromatic carbocycles. The van der Waals surface area contributed by atoms with Gasteiger partial charge in [-0.1, -0.05) is 42.5 Å². The minimum absolute atomic E-state index is 0.0771. The SMILES string of the molecule is CC1(C(F)(F)F)c2cc(-c3cc4ccccc4cn3)ccc2-c2ccc(C(F)(F)F)cc21. The molecule has 0 fully saturated rings. The molecule has 0 spiro atoms. The second-order valence-electron chi connectivity index (χ2n) is 8.06. The molecule has 0 amide bonds. The normalized spacial score (nSPS) is 18.0. The van der Waals surface area contributed by atoms with Crippen molar-refractivity contribution in [2.75, 3.05) is 0 Å². The van der Waals surface area contributed by atoms with E-state index in [2.05, 4.69) is 4.98 Å². The highest BCUT2D eigenvalue weighted by atomic mass is 19.4. The van der Waals surface area contributed by atoms with E-state index in [1.165, 1.54) is 12.1 Å². The van der Waals surface area contributed by atoms with Crippen molar-refractivity contribution in [3.63, 3.8) is 0 Å². The fraction of sp³-hybridized carbons (Fsp3) is 0.160. The van der Waals surface area contributed by atoms with Crippen molar-refractivity contribution in [2.45, 2.75) is 24.7 Å². The van der Waals surface area contributed by atoms with E-state index in [1.54, 1.807) is 18.3 Å². The van der Waals surface area contributed by atoms with E-state index in [4.69, 9.17) is 0 Å². The summed E-state index contributed by atoms with van der Waals surface area (Å²) >= 11 is 0.